The van der Waals surface area contributed by atoms with Crippen LogP contribution in [-0.2, 0) is 24.7 Å². The molecule has 0 fully saturated rings. The van der Waals surface area contributed by atoms with Crippen molar-refractivity contribution in [2.75, 3.05) is 0 Å². The molecule has 0 radical (unpaired) electrons. The Morgan fingerprint density at radius 1 is 0.196 bits per heavy atom. The average Bonchev–Trinajstić information content (AvgIpc) is 1.57. The minimum atomic E-state index is -4.84. The van der Waals surface area contributed by atoms with Crippen LogP contribution in [0.2, 0.25) is 0 Å². The number of fused-ring (bicyclic) bond motifs is 6. The molecular weight excluding hydrogens is 1320 g/mol. The molecule has 0 atom stereocenters. The van der Waals surface area contributed by atoms with Crippen LogP contribution in [0.25, 0.3) is 157 Å². The third-order valence-electron chi connectivity index (χ3n) is 18.0. The molecule has 0 unspecified atom stereocenters. The Labute approximate surface area is 571 Å². The van der Waals surface area contributed by atoms with Gasteiger partial charge in [0.05, 0.1) is 44.3 Å². The van der Waals surface area contributed by atoms with Crippen molar-refractivity contribution in [3.05, 3.63) is 301 Å². The Kier molecular flexibility index (Phi) is 15.5. The van der Waals surface area contributed by atoms with Gasteiger partial charge in [-0.2, -0.15) is 52.7 Å². The van der Waals surface area contributed by atoms with E-state index in [2.05, 4.69) is 0 Å². The molecule has 4 aromatic heterocycles. The highest BCUT2D eigenvalue weighted by Crippen LogP contribution is 2.48. The third kappa shape index (κ3) is 11.8. The van der Waals surface area contributed by atoms with Crippen molar-refractivity contribution < 1.29 is 52.7 Å². The number of alkyl halides is 12. The topological polar surface area (TPSA) is 87.2 Å². The molecule has 0 aliphatic carbocycles. The van der Waals surface area contributed by atoms with Crippen LogP contribution < -0.4 is 0 Å². The summed E-state index contributed by atoms with van der Waals surface area (Å²) in [6.45, 7) is 0. The summed E-state index contributed by atoms with van der Waals surface area (Å²) < 4.78 is 178. The van der Waals surface area contributed by atoms with Crippen molar-refractivity contribution in [2.45, 2.75) is 24.7 Å². The fourth-order valence-electron chi connectivity index (χ4n) is 13.3. The quantitative estimate of drug-likeness (QED) is 0.120. The standard InChI is InChI=1S/C82H46F12N8/c83-79(84,85)51-29-37-69-63(41-51)64-42-52(80(86,87)88)30-38-70(64)101(69)55-33-35-61(67(45-55)77-97-73(47-17-5-1-6-18-47)95-74(98-77)48-19-7-2-8-20-48)59-27-15-13-25-57(59)58-26-14-16-28-60(58)62-36-34-56(46-68(62)78-99-75(49-21-9-3-10-22-49)96-76(100-78)50-23-11-4-12-24-50)102-71-39-31-53(81(89,90)91)43-65(71)66-44-54(82(92,93)94)32-40-72(66)102/h1-46H. The molecule has 0 bridgehead atoms. The van der Waals surface area contributed by atoms with E-state index in [1.807, 2.05) is 170 Å². The SMILES string of the molecule is FC(F)(F)c1ccc2c(c1)c1cc(C(F)(F)F)ccc1n2-c1ccc(-c2ccccc2-c2ccccc2-c2ccc(-n3c4ccc(C(F)(F)F)cc4c4cc(C(F)(F)F)ccc43)cc2-c2nc(-c3ccccc3)nc(-c3ccccc3)n2)c(-c2nc(-c3ccccc3)nc(-c3ccccc3)n2)c1. The summed E-state index contributed by atoms with van der Waals surface area (Å²) >= 11 is 0. The molecule has 16 aromatic rings. The van der Waals surface area contributed by atoms with Gasteiger partial charge in [0.25, 0.3) is 0 Å². The van der Waals surface area contributed by atoms with Crippen LogP contribution in [0.4, 0.5) is 52.7 Å². The van der Waals surface area contributed by atoms with Crippen molar-refractivity contribution in [3.8, 4) is 113 Å². The maximum Gasteiger partial charge on any atom is 0.416 e. The van der Waals surface area contributed by atoms with E-state index in [-0.39, 0.29) is 78.6 Å². The molecular formula is C82H46F12N8. The molecule has 0 saturated heterocycles. The molecule has 0 saturated carbocycles. The zero-order chi connectivity index (χ0) is 70.4. The zero-order valence-electron chi connectivity index (χ0n) is 52.7. The molecule has 0 aliphatic rings. The van der Waals surface area contributed by atoms with Crippen molar-refractivity contribution in [3.63, 3.8) is 0 Å². The summed E-state index contributed by atoms with van der Waals surface area (Å²) in [5.41, 5.74) is 3.86. The van der Waals surface area contributed by atoms with Crippen LogP contribution in [0, 0.1) is 0 Å². The predicted molar refractivity (Wildman–Crippen MR) is 371 cm³/mol. The number of nitrogens with zero attached hydrogens (tertiary/aromatic N) is 8. The first-order chi connectivity index (χ1) is 49.1. The largest absolute Gasteiger partial charge is 0.416 e. The predicted octanol–water partition coefficient (Wildman–Crippen LogP) is 23.3. The lowest BCUT2D eigenvalue weighted by molar-refractivity contribution is -0.138. The number of hydrogen-bond donors (Lipinski definition) is 0. The summed E-state index contributed by atoms with van der Waals surface area (Å²) in [5.74, 6) is 1.42. The van der Waals surface area contributed by atoms with E-state index in [1.165, 1.54) is 24.3 Å². The summed E-state index contributed by atoms with van der Waals surface area (Å²) in [6.07, 6.45) is -19.4. The van der Waals surface area contributed by atoms with Crippen molar-refractivity contribution >= 4 is 43.6 Å². The van der Waals surface area contributed by atoms with Gasteiger partial charge < -0.3 is 9.13 Å². The fourth-order valence-corrected chi connectivity index (χ4v) is 13.3. The number of halogens is 12. The second kappa shape index (κ2) is 24.7. The number of hydrogen-bond acceptors (Lipinski definition) is 6. The van der Waals surface area contributed by atoms with Crippen LogP contribution in [0.5, 0.6) is 0 Å². The van der Waals surface area contributed by atoms with Crippen LogP contribution in [0.3, 0.4) is 0 Å². The molecule has 102 heavy (non-hydrogen) atoms. The van der Waals surface area contributed by atoms with Crippen molar-refractivity contribution in [2.24, 2.45) is 0 Å². The molecule has 0 amide bonds. The van der Waals surface area contributed by atoms with Gasteiger partial charge in [0.2, 0.25) is 0 Å². The second-order valence-electron chi connectivity index (χ2n) is 24.2. The Bertz CT molecular complexity index is 5330. The van der Waals surface area contributed by atoms with Gasteiger partial charge in [-0.05, 0) is 130 Å². The second-order valence-corrected chi connectivity index (χ2v) is 24.2. The lowest BCUT2D eigenvalue weighted by Crippen LogP contribution is -2.05. The van der Waals surface area contributed by atoms with Gasteiger partial charge in [-0.1, -0.05) is 182 Å². The monoisotopic (exact) mass is 1370 g/mol. The van der Waals surface area contributed by atoms with Gasteiger partial charge in [0, 0.05) is 66.3 Å². The van der Waals surface area contributed by atoms with Gasteiger partial charge in [0.15, 0.2) is 34.9 Å². The molecule has 498 valence electrons. The summed E-state index contributed by atoms with van der Waals surface area (Å²) in [5, 5.41) is -0.324. The highest BCUT2D eigenvalue weighted by Gasteiger charge is 2.36. The normalized spacial score (nSPS) is 12.3. The molecule has 0 N–H and O–H groups in total. The van der Waals surface area contributed by atoms with E-state index in [1.54, 1.807) is 45.5 Å². The van der Waals surface area contributed by atoms with E-state index in [0.717, 1.165) is 48.5 Å². The van der Waals surface area contributed by atoms with Gasteiger partial charge in [0.1, 0.15) is 0 Å². The van der Waals surface area contributed by atoms with Crippen LogP contribution in [0.1, 0.15) is 22.3 Å². The maximum atomic E-state index is 14.6. The maximum absolute atomic E-state index is 14.6. The van der Waals surface area contributed by atoms with Gasteiger partial charge >= 0.3 is 24.7 Å². The Morgan fingerprint density at radius 3 is 0.647 bits per heavy atom. The molecule has 0 aliphatic heterocycles. The van der Waals surface area contributed by atoms with E-state index in [0.29, 0.717) is 78.1 Å². The van der Waals surface area contributed by atoms with Gasteiger partial charge in [-0.25, -0.2) is 29.9 Å². The first-order valence-electron chi connectivity index (χ1n) is 31.8. The molecule has 16 rings (SSSR count). The van der Waals surface area contributed by atoms with Gasteiger partial charge in [-0.15, -0.1) is 0 Å². The third-order valence-corrected chi connectivity index (χ3v) is 18.0. The Balaban J connectivity index is 0.954. The lowest BCUT2D eigenvalue weighted by atomic mass is 9.86. The van der Waals surface area contributed by atoms with Gasteiger partial charge in [-0.3, -0.25) is 0 Å². The summed E-state index contributed by atoms with van der Waals surface area (Å²) in [7, 11) is 0. The molecule has 20 heteroatoms. The fraction of sp³-hybridized carbons (Fsp3) is 0.0488. The Hall–Kier alpha value is -12.6. The molecule has 4 heterocycles. The van der Waals surface area contributed by atoms with E-state index >= 15 is 0 Å². The molecule has 12 aromatic carbocycles. The number of rotatable bonds is 11. The van der Waals surface area contributed by atoms with Crippen LogP contribution in [-0.4, -0.2) is 39.0 Å². The van der Waals surface area contributed by atoms with Crippen LogP contribution >= 0.6 is 0 Å². The van der Waals surface area contributed by atoms with Crippen molar-refractivity contribution in [1.82, 2.24) is 39.0 Å². The van der Waals surface area contributed by atoms with E-state index < -0.39 is 47.0 Å². The molecule has 0 spiro atoms. The average molecular weight is 1370 g/mol. The summed E-state index contributed by atoms with van der Waals surface area (Å²) in [6, 6.07) is 74.1. The van der Waals surface area contributed by atoms with E-state index in [9.17, 15) is 52.7 Å². The first kappa shape index (κ1) is 64.1. The lowest BCUT2D eigenvalue weighted by Gasteiger charge is -2.20. The van der Waals surface area contributed by atoms with E-state index in [4.69, 9.17) is 29.9 Å². The minimum absolute atomic E-state index is 0.0809. The molecule has 8 nitrogen and oxygen atoms in total. The van der Waals surface area contributed by atoms with Crippen molar-refractivity contribution in [1.29, 1.82) is 0 Å². The highest BCUT2D eigenvalue weighted by atomic mass is 19.4. The Morgan fingerprint density at radius 2 is 0.412 bits per heavy atom. The number of benzene rings is 12. The van der Waals surface area contributed by atoms with Crippen LogP contribution in [0.15, 0.2) is 279 Å². The summed E-state index contributed by atoms with van der Waals surface area (Å²) in [4.78, 5) is 30.6. The highest BCUT2D eigenvalue weighted by molar-refractivity contribution is 6.11. The zero-order valence-corrected chi connectivity index (χ0v) is 52.7. The number of aromatic nitrogens is 8. The minimum Gasteiger partial charge on any atom is -0.309 e. The smallest absolute Gasteiger partial charge is 0.309 e. The first-order valence-corrected chi connectivity index (χ1v) is 31.8.